The zero-order valence-electron chi connectivity index (χ0n) is 13.9. The molecule has 2 aromatic rings. The maximum Gasteiger partial charge on any atom is 0.182 e. The standard InChI is InChI=1S/C18H17BrClNO3S2/c1-24-10-18(17(21)25)15(11-2-4-12(19)5-3-11)16(18)26(22,23)14-8-6-13(20)7-9-14/h2-9,15-16H,10H2,1H3,(H2,21,25)/t15-,16+,18+/m1/s1. The summed E-state index contributed by atoms with van der Waals surface area (Å²) in [5.41, 5.74) is 5.95. The van der Waals surface area contributed by atoms with Gasteiger partial charge in [0.1, 0.15) is 0 Å². The van der Waals surface area contributed by atoms with Gasteiger partial charge in [0, 0.05) is 22.5 Å². The van der Waals surface area contributed by atoms with Gasteiger partial charge >= 0.3 is 0 Å². The largest absolute Gasteiger partial charge is 0.393 e. The SMILES string of the molecule is COC[C@]1(C(N)=S)[C@H](c2ccc(Br)cc2)[C@@H]1S(=O)(=O)c1ccc(Cl)cc1. The summed E-state index contributed by atoms with van der Waals surface area (Å²) < 4.78 is 32.9. The van der Waals surface area contributed by atoms with Crippen LogP contribution in [0.5, 0.6) is 0 Å². The fourth-order valence-corrected chi connectivity index (χ4v) is 6.71. The lowest BCUT2D eigenvalue weighted by Crippen LogP contribution is -2.33. The van der Waals surface area contributed by atoms with Crippen molar-refractivity contribution in [1.29, 1.82) is 0 Å². The Balaban J connectivity index is 2.11. The lowest BCUT2D eigenvalue weighted by molar-refractivity contribution is 0.166. The predicted molar refractivity (Wildman–Crippen MR) is 110 cm³/mol. The highest BCUT2D eigenvalue weighted by Crippen LogP contribution is 2.64. The Labute approximate surface area is 171 Å². The molecule has 0 radical (unpaired) electrons. The molecule has 0 saturated heterocycles. The summed E-state index contributed by atoms with van der Waals surface area (Å²) in [6, 6.07) is 13.6. The van der Waals surface area contributed by atoms with Crippen molar-refractivity contribution in [3.63, 3.8) is 0 Å². The Morgan fingerprint density at radius 3 is 2.31 bits per heavy atom. The van der Waals surface area contributed by atoms with E-state index in [0.29, 0.717) is 5.02 Å². The summed E-state index contributed by atoms with van der Waals surface area (Å²) >= 11 is 14.6. The third-order valence-corrected chi connectivity index (χ3v) is 8.26. The van der Waals surface area contributed by atoms with E-state index >= 15 is 0 Å². The average Bonchev–Trinajstić information content (AvgIpc) is 3.27. The van der Waals surface area contributed by atoms with Gasteiger partial charge in [-0.2, -0.15) is 0 Å². The molecule has 4 nitrogen and oxygen atoms in total. The zero-order chi connectivity index (χ0) is 19.1. The Morgan fingerprint density at radius 2 is 1.81 bits per heavy atom. The van der Waals surface area contributed by atoms with E-state index in [1.54, 1.807) is 12.1 Å². The van der Waals surface area contributed by atoms with Crippen molar-refractivity contribution in [2.24, 2.45) is 11.1 Å². The van der Waals surface area contributed by atoms with Crippen LogP contribution in [-0.2, 0) is 14.6 Å². The third kappa shape index (κ3) is 3.20. The zero-order valence-corrected chi connectivity index (χ0v) is 17.8. The molecule has 0 amide bonds. The molecule has 1 aliphatic carbocycles. The van der Waals surface area contributed by atoms with Crippen molar-refractivity contribution in [3.8, 4) is 0 Å². The number of thiocarbonyl (C=S) groups is 1. The lowest BCUT2D eigenvalue weighted by atomic mass is 10.00. The molecule has 26 heavy (non-hydrogen) atoms. The first-order chi connectivity index (χ1) is 12.2. The van der Waals surface area contributed by atoms with Crippen molar-refractivity contribution in [3.05, 3.63) is 63.6 Å². The third-order valence-electron chi connectivity index (χ3n) is 4.80. The first kappa shape index (κ1) is 19.8. The maximum atomic E-state index is 13.3. The van der Waals surface area contributed by atoms with Crippen molar-refractivity contribution < 1.29 is 13.2 Å². The molecule has 1 saturated carbocycles. The Morgan fingerprint density at radius 1 is 1.23 bits per heavy atom. The predicted octanol–water partition coefficient (Wildman–Crippen LogP) is 3.96. The summed E-state index contributed by atoms with van der Waals surface area (Å²) in [6.45, 7) is 0.139. The van der Waals surface area contributed by atoms with Gasteiger partial charge in [-0.1, -0.05) is 51.9 Å². The van der Waals surface area contributed by atoms with Gasteiger partial charge < -0.3 is 10.5 Å². The lowest BCUT2D eigenvalue weighted by Gasteiger charge is -2.16. The monoisotopic (exact) mass is 473 g/mol. The molecular formula is C18H17BrClNO3S2. The minimum Gasteiger partial charge on any atom is -0.393 e. The molecule has 2 aromatic carbocycles. The molecule has 3 atom stereocenters. The molecule has 0 unspecified atom stereocenters. The van der Waals surface area contributed by atoms with Crippen LogP contribution in [0.3, 0.4) is 0 Å². The summed E-state index contributed by atoms with van der Waals surface area (Å²) in [5, 5.41) is -0.309. The van der Waals surface area contributed by atoms with E-state index in [2.05, 4.69) is 15.9 Å². The minimum atomic E-state index is -3.68. The van der Waals surface area contributed by atoms with E-state index in [9.17, 15) is 8.42 Å². The fourth-order valence-electron chi connectivity index (χ4n) is 3.55. The van der Waals surface area contributed by atoms with Crippen molar-refractivity contribution in [1.82, 2.24) is 0 Å². The Bertz CT molecular complexity index is 932. The maximum absolute atomic E-state index is 13.3. The second-order valence-corrected chi connectivity index (χ2v) is 10.1. The molecule has 0 bridgehead atoms. The second kappa shape index (κ2) is 7.20. The van der Waals surface area contributed by atoms with Crippen LogP contribution in [0.1, 0.15) is 11.5 Å². The number of hydrogen-bond acceptors (Lipinski definition) is 4. The van der Waals surface area contributed by atoms with Crippen LogP contribution >= 0.6 is 39.7 Å². The van der Waals surface area contributed by atoms with Gasteiger partial charge in [-0.15, -0.1) is 0 Å². The van der Waals surface area contributed by atoms with E-state index in [1.807, 2.05) is 24.3 Å². The first-order valence-corrected chi connectivity index (χ1v) is 10.9. The number of benzene rings is 2. The summed E-state index contributed by atoms with van der Waals surface area (Å²) in [7, 11) is -2.17. The van der Waals surface area contributed by atoms with Crippen LogP contribution in [0.15, 0.2) is 57.9 Å². The summed E-state index contributed by atoms with van der Waals surface area (Å²) in [5.74, 6) is -0.367. The number of halogens is 2. The molecule has 8 heteroatoms. The highest BCUT2D eigenvalue weighted by atomic mass is 79.9. The molecule has 138 valence electrons. The molecule has 0 aliphatic heterocycles. The molecular weight excluding hydrogens is 458 g/mol. The Hall–Kier alpha value is -0.990. The summed E-state index contributed by atoms with van der Waals surface area (Å²) in [4.78, 5) is 0.345. The number of hydrogen-bond donors (Lipinski definition) is 1. The molecule has 1 aliphatic rings. The van der Waals surface area contributed by atoms with E-state index < -0.39 is 20.5 Å². The van der Waals surface area contributed by atoms with E-state index in [0.717, 1.165) is 10.0 Å². The molecule has 3 rings (SSSR count). The van der Waals surface area contributed by atoms with Crippen LogP contribution in [0.2, 0.25) is 5.02 Å². The normalized spacial score (nSPS) is 25.0. The molecule has 2 N–H and O–H groups in total. The molecule has 0 spiro atoms. The minimum absolute atomic E-state index is 0.139. The highest BCUT2D eigenvalue weighted by Gasteiger charge is 2.73. The quantitative estimate of drug-likeness (QED) is 0.642. The summed E-state index contributed by atoms with van der Waals surface area (Å²) in [6.07, 6.45) is 0. The number of methoxy groups -OCH3 is 1. The first-order valence-electron chi connectivity index (χ1n) is 7.79. The second-order valence-electron chi connectivity index (χ2n) is 6.29. The van der Waals surface area contributed by atoms with Gasteiger partial charge in [-0.05, 0) is 42.0 Å². The number of nitrogens with two attached hydrogens (primary N) is 1. The number of sulfone groups is 1. The van der Waals surface area contributed by atoms with Gasteiger partial charge in [-0.3, -0.25) is 0 Å². The number of ether oxygens (including phenoxy) is 1. The van der Waals surface area contributed by atoms with Crippen LogP contribution < -0.4 is 5.73 Å². The van der Waals surface area contributed by atoms with Crippen LogP contribution in [0, 0.1) is 5.41 Å². The topological polar surface area (TPSA) is 69.4 Å². The smallest absolute Gasteiger partial charge is 0.182 e. The van der Waals surface area contributed by atoms with Crippen LogP contribution in [0.4, 0.5) is 0 Å². The van der Waals surface area contributed by atoms with Crippen LogP contribution in [0.25, 0.3) is 0 Å². The average molecular weight is 475 g/mol. The molecule has 1 fully saturated rings. The van der Waals surface area contributed by atoms with Gasteiger partial charge in [0.15, 0.2) is 9.84 Å². The van der Waals surface area contributed by atoms with Gasteiger partial charge in [0.2, 0.25) is 0 Å². The van der Waals surface area contributed by atoms with Crippen molar-refractivity contribution in [2.45, 2.75) is 16.1 Å². The van der Waals surface area contributed by atoms with Crippen molar-refractivity contribution in [2.75, 3.05) is 13.7 Å². The van der Waals surface area contributed by atoms with Gasteiger partial charge in [0.05, 0.1) is 27.2 Å². The van der Waals surface area contributed by atoms with E-state index in [-0.39, 0.29) is 22.4 Å². The van der Waals surface area contributed by atoms with E-state index in [4.69, 9.17) is 34.3 Å². The van der Waals surface area contributed by atoms with Crippen LogP contribution in [-0.4, -0.2) is 32.4 Å². The number of rotatable bonds is 6. The Kier molecular flexibility index (Phi) is 5.48. The molecule has 0 heterocycles. The highest BCUT2D eigenvalue weighted by molar-refractivity contribution is 9.10. The van der Waals surface area contributed by atoms with Crippen molar-refractivity contribution >= 4 is 54.6 Å². The van der Waals surface area contributed by atoms with Gasteiger partial charge in [-0.25, -0.2) is 8.42 Å². The van der Waals surface area contributed by atoms with Gasteiger partial charge in [0.25, 0.3) is 0 Å². The van der Waals surface area contributed by atoms with E-state index in [1.165, 1.54) is 19.2 Å². The fraction of sp³-hybridized carbons (Fsp3) is 0.278. The molecule has 0 aromatic heterocycles.